The van der Waals surface area contributed by atoms with Gasteiger partial charge in [-0.25, -0.2) is 17.5 Å². The molecule has 128 valence electrons. The van der Waals surface area contributed by atoms with Gasteiger partial charge in [0.1, 0.15) is 16.5 Å². The number of aryl methyl sites for hydroxylation is 1. The van der Waals surface area contributed by atoms with Gasteiger partial charge in [-0.2, -0.15) is 0 Å². The second-order valence-electron chi connectivity index (χ2n) is 5.01. The second kappa shape index (κ2) is 6.98. The van der Waals surface area contributed by atoms with Crippen LogP contribution in [0, 0.1) is 12.7 Å². The number of hydrogen-bond acceptors (Lipinski definition) is 4. The summed E-state index contributed by atoms with van der Waals surface area (Å²) in [4.78, 5) is 12.1. The van der Waals surface area contributed by atoms with Crippen molar-refractivity contribution < 1.29 is 22.3 Å². The molecule has 2 aromatic rings. The first-order valence-electron chi connectivity index (χ1n) is 6.97. The van der Waals surface area contributed by atoms with Crippen molar-refractivity contribution in [2.75, 3.05) is 19.5 Å². The van der Waals surface area contributed by atoms with Crippen molar-refractivity contribution in [3.63, 3.8) is 0 Å². The lowest BCUT2D eigenvalue weighted by Gasteiger charge is -2.11. The van der Waals surface area contributed by atoms with Gasteiger partial charge in [-0.05, 0) is 49.9 Å². The molecule has 0 spiro atoms. The van der Waals surface area contributed by atoms with E-state index >= 15 is 0 Å². The van der Waals surface area contributed by atoms with E-state index in [1.165, 1.54) is 44.5 Å². The molecule has 2 aromatic carbocycles. The molecule has 0 saturated carbocycles. The summed E-state index contributed by atoms with van der Waals surface area (Å²) in [7, 11) is -1.23. The zero-order valence-corrected chi connectivity index (χ0v) is 14.2. The van der Waals surface area contributed by atoms with E-state index in [1.54, 1.807) is 13.0 Å². The molecule has 24 heavy (non-hydrogen) atoms. The Morgan fingerprint density at radius 2 is 1.88 bits per heavy atom. The van der Waals surface area contributed by atoms with Crippen LogP contribution >= 0.6 is 0 Å². The summed E-state index contributed by atoms with van der Waals surface area (Å²) in [6, 6.07) is 8.25. The van der Waals surface area contributed by atoms with Crippen molar-refractivity contribution in [3.8, 4) is 5.75 Å². The largest absolute Gasteiger partial charge is 0.495 e. The van der Waals surface area contributed by atoms with Crippen molar-refractivity contribution in [3.05, 3.63) is 53.3 Å². The monoisotopic (exact) mass is 352 g/mol. The number of amides is 1. The third kappa shape index (κ3) is 3.72. The molecule has 0 unspecified atom stereocenters. The van der Waals surface area contributed by atoms with E-state index in [2.05, 4.69) is 10.0 Å². The summed E-state index contributed by atoms with van der Waals surface area (Å²) in [5.74, 6) is -1.11. The fraction of sp³-hybridized carbons (Fsp3) is 0.188. The summed E-state index contributed by atoms with van der Waals surface area (Å²) in [5.41, 5.74) is 0.860. The zero-order chi connectivity index (χ0) is 17.9. The van der Waals surface area contributed by atoms with Crippen LogP contribution in [0.4, 0.5) is 10.1 Å². The number of methoxy groups -OCH3 is 1. The van der Waals surface area contributed by atoms with Crippen LogP contribution in [-0.2, 0) is 10.0 Å². The van der Waals surface area contributed by atoms with Gasteiger partial charge >= 0.3 is 0 Å². The van der Waals surface area contributed by atoms with Gasteiger partial charge in [0.15, 0.2) is 0 Å². The molecule has 0 radical (unpaired) electrons. The quantitative estimate of drug-likeness (QED) is 0.865. The highest BCUT2D eigenvalue weighted by Crippen LogP contribution is 2.25. The minimum atomic E-state index is -3.81. The SMILES string of the molecule is CNS(=O)(=O)c1cc(C(=O)Nc2cc(C)ccc2F)ccc1OC. The van der Waals surface area contributed by atoms with Gasteiger partial charge in [0.05, 0.1) is 12.8 Å². The Morgan fingerprint density at radius 3 is 2.50 bits per heavy atom. The van der Waals surface area contributed by atoms with Gasteiger partial charge in [-0.1, -0.05) is 6.07 Å². The van der Waals surface area contributed by atoms with Crippen molar-refractivity contribution in [2.45, 2.75) is 11.8 Å². The normalized spacial score (nSPS) is 11.2. The zero-order valence-electron chi connectivity index (χ0n) is 13.4. The first-order valence-corrected chi connectivity index (χ1v) is 8.46. The molecule has 0 aliphatic rings. The van der Waals surface area contributed by atoms with Crippen molar-refractivity contribution in [1.29, 1.82) is 0 Å². The van der Waals surface area contributed by atoms with Gasteiger partial charge in [0.25, 0.3) is 5.91 Å². The number of ether oxygens (including phenoxy) is 1. The van der Waals surface area contributed by atoms with Gasteiger partial charge in [0.2, 0.25) is 10.0 Å². The summed E-state index contributed by atoms with van der Waals surface area (Å²) < 4.78 is 45.0. The maximum absolute atomic E-state index is 13.7. The third-order valence-corrected chi connectivity index (χ3v) is 4.79. The first-order chi connectivity index (χ1) is 11.3. The maximum atomic E-state index is 13.7. The van der Waals surface area contributed by atoms with E-state index in [0.717, 1.165) is 5.56 Å². The summed E-state index contributed by atoms with van der Waals surface area (Å²) >= 11 is 0. The van der Waals surface area contributed by atoms with Gasteiger partial charge in [-0.15, -0.1) is 0 Å². The van der Waals surface area contributed by atoms with Crippen LogP contribution in [0.25, 0.3) is 0 Å². The molecule has 2 rings (SSSR count). The van der Waals surface area contributed by atoms with E-state index in [0.29, 0.717) is 0 Å². The predicted octanol–water partition coefficient (Wildman–Crippen LogP) is 2.30. The maximum Gasteiger partial charge on any atom is 0.255 e. The third-order valence-electron chi connectivity index (χ3n) is 3.35. The number of carbonyl (C=O) groups excluding carboxylic acids is 1. The smallest absolute Gasteiger partial charge is 0.255 e. The number of hydrogen-bond donors (Lipinski definition) is 2. The molecule has 0 heterocycles. The molecule has 0 aliphatic carbocycles. The Balaban J connectivity index is 2.40. The van der Waals surface area contributed by atoms with Crippen LogP contribution in [0.3, 0.4) is 0 Å². The van der Waals surface area contributed by atoms with Crippen molar-refractivity contribution >= 4 is 21.6 Å². The van der Waals surface area contributed by atoms with Crippen LogP contribution < -0.4 is 14.8 Å². The van der Waals surface area contributed by atoms with Crippen LogP contribution in [0.2, 0.25) is 0 Å². The number of benzene rings is 2. The second-order valence-corrected chi connectivity index (χ2v) is 6.87. The fourth-order valence-corrected chi connectivity index (χ4v) is 2.99. The molecule has 0 saturated heterocycles. The lowest BCUT2D eigenvalue weighted by molar-refractivity contribution is 0.102. The molecule has 2 N–H and O–H groups in total. The molecule has 6 nitrogen and oxygen atoms in total. The summed E-state index contributed by atoms with van der Waals surface area (Å²) in [6.45, 7) is 1.76. The Kier molecular flexibility index (Phi) is 5.20. The summed E-state index contributed by atoms with van der Waals surface area (Å²) in [6.07, 6.45) is 0. The highest BCUT2D eigenvalue weighted by atomic mass is 32.2. The topological polar surface area (TPSA) is 84.5 Å². The predicted molar refractivity (Wildman–Crippen MR) is 88.3 cm³/mol. The average molecular weight is 352 g/mol. The molecule has 0 fully saturated rings. The van der Waals surface area contributed by atoms with E-state index in [4.69, 9.17) is 4.74 Å². The molecule has 8 heteroatoms. The number of halogens is 1. The number of carbonyl (C=O) groups is 1. The van der Waals surface area contributed by atoms with E-state index in [1.807, 2.05) is 0 Å². The number of rotatable bonds is 5. The average Bonchev–Trinajstić information content (AvgIpc) is 2.57. The van der Waals surface area contributed by atoms with Gasteiger partial charge in [-0.3, -0.25) is 4.79 Å². The molecular weight excluding hydrogens is 335 g/mol. The van der Waals surface area contributed by atoms with E-state index in [9.17, 15) is 17.6 Å². The molecule has 0 atom stereocenters. The Labute approximate surface area is 139 Å². The number of anilines is 1. The lowest BCUT2D eigenvalue weighted by Crippen LogP contribution is -2.20. The molecule has 0 aromatic heterocycles. The standard InChI is InChI=1S/C16H17FN2O4S/c1-10-4-6-12(17)13(8-10)19-16(20)11-5-7-14(23-3)15(9-11)24(21,22)18-2/h4-9,18H,1-3H3,(H,19,20). The van der Waals surface area contributed by atoms with Gasteiger partial charge < -0.3 is 10.1 Å². The Bertz CT molecular complexity index is 882. The van der Waals surface area contributed by atoms with E-state index < -0.39 is 21.7 Å². The van der Waals surface area contributed by atoms with Crippen LogP contribution in [-0.4, -0.2) is 28.5 Å². The highest BCUT2D eigenvalue weighted by Gasteiger charge is 2.20. The summed E-state index contributed by atoms with van der Waals surface area (Å²) in [5, 5.41) is 2.43. The van der Waals surface area contributed by atoms with Gasteiger partial charge in [0, 0.05) is 5.56 Å². The Morgan fingerprint density at radius 1 is 1.17 bits per heavy atom. The Hall–Kier alpha value is -2.45. The van der Waals surface area contributed by atoms with Crippen molar-refractivity contribution in [2.24, 2.45) is 0 Å². The van der Waals surface area contributed by atoms with Crippen molar-refractivity contribution in [1.82, 2.24) is 4.72 Å². The van der Waals surface area contributed by atoms with Crippen LogP contribution in [0.5, 0.6) is 5.75 Å². The minimum absolute atomic E-state index is 0.0221. The van der Waals surface area contributed by atoms with Crippen LogP contribution in [0.15, 0.2) is 41.3 Å². The highest BCUT2D eigenvalue weighted by molar-refractivity contribution is 7.89. The molecule has 0 aliphatic heterocycles. The lowest BCUT2D eigenvalue weighted by atomic mass is 10.1. The molecule has 0 bridgehead atoms. The molecular formula is C16H17FN2O4S. The number of nitrogens with one attached hydrogen (secondary N) is 2. The minimum Gasteiger partial charge on any atom is -0.495 e. The first kappa shape index (κ1) is 17.9. The fourth-order valence-electron chi connectivity index (χ4n) is 2.07. The van der Waals surface area contributed by atoms with Crippen LogP contribution in [0.1, 0.15) is 15.9 Å². The molecule has 1 amide bonds. The van der Waals surface area contributed by atoms with E-state index in [-0.39, 0.29) is 21.9 Å². The number of sulfonamides is 1.